The molecular formula is C18H22N4O2. The number of benzene rings is 1. The van der Waals surface area contributed by atoms with E-state index in [-0.39, 0.29) is 12.5 Å². The molecule has 126 valence electrons. The molecule has 0 bridgehead atoms. The summed E-state index contributed by atoms with van der Waals surface area (Å²) in [6.07, 6.45) is 2.00. The highest BCUT2D eigenvalue weighted by Crippen LogP contribution is 2.28. The molecular weight excluding hydrogens is 304 g/mol. The third-order valence-electron chi connectivity index (χ3n) is 5.03. The van der Waals surface area contributed by atoms with Gasteiger partial charge in [0, 0.05) is 44.9 Å². The summed E-state index contributed by atoms with van der Waals surface area (Å²) in [4.78, 5) is 13.3. The quantitative estimate of drug-likeness (QED) is 0.882. The number of piperidine rings is 1. The second-order valence-corrected chi connectivity index (χ2v) is 6.58. The summed E-state index contributed by atoms with van der Waals surface area (Å²) < 4.78 is 0. The summed E-state index contributed by atoms with van der Waals surface area (Å²) in [5, 5.41) is 19.4. The van der Waals surface area contributed by atoms with E-state index in [0.29, 0.717) is 12.5 Å². The molecule has 24 heavy (non-hydrogen) atoms. The Balaban J connectivity index is 1.51. The largest absolute Gasteiger partial charge is 0.396 e. The van der Waals surface area contributed by atoms with Crippen LogP contribution in [0.4, 0.5) is 11.8 Å². The Kier molecular flexibility index (Phi) is 4.08. The number of aromatic nitrogens is 2. The molecule has 0 saturated carbocycles. The standard InChI is InChI=1S/C18H22N4O2/c23-12-15-6-8-21(11-16(15)24)18-19-7-5-17(20-18)22-9-13-3-1-2-4-14(13)10-22/h1-5,7,15-16,23-24H,6,8-12H2. The van der Waals surface area contributed by atoms with Gasteiger partial charge in [-0.3, -0.25) is 0 Å². The fraction of sp³-hybridized carbons (Fsp3) is 0.444. The smallest absolute Gasteiger partial charge is 0.227 e. The highest BCUT2D eigenvalue weighted by molar-refractivity contribution is 5.49. The lowest BCUT2D eigenvalue weighted by Gasteiger charge is -2.35. The van der Waals surface area contributed by atoms with Crippen LogP contribution in [0, 0.1) is 5.92 Å². The fourth-order valence-electron chi connectivity index (χ4n) is 3.54. The Morgan fingerprint density at radius 1 is 1.08 bits per heavy atom. The Labute approximate surface area is 141 Å². The maximum Gasteiger partial charge on any atom is 0.227 e. The summed E-state index contributed by atoms with van der Waals surface area (Å²) >= 11 is 0. The minimum absolute atomic E-state index is 0.0297. The number of aliphatic hydroxyl groups is 2. The number of anilines is 2. The van der Waals surface area contributed by atoms with E-state index in [1.807, 2.05) is 11.0 Å². The van der Waals surface area contributed by atoms with Crippen LogP contribution in [0.1, 0.15) is 17.5 Å². The van der Waals surface area contributed by atoms with Crippen molar-refractivity contribution in [2.75, 3.05) is 29.5 Å². The van der Waals surface area contributed by atoms with Crippen molar-refractivity contribution in [1.29, 1.82) is 0 Å². The van der Waals surface area contributed by atoms with Crippen molar-refractivity contribution in [1.82, 2.24) is 9.97 Å². The predicted molar refractivity (Wildman–Crippen MR) is 91.8 cm³/mol. The number of rotatable bonds is 3. The van der Waals surface area contributed by atoms with Gasteiger partial charge in [-0.2, -0.15) is 4.98 Å². The second-order valence-electron chi connectivity index (χ2n) is 6.58. The molecule has 6 nitrogen and oxygen atoms in total. The molecule has 4 rings (SSSR count). The normalized spacial score (nSPS) is 23.4. The maximum absolute atomic E-state index is 10.1. The lowest BCUT2D eigenvalue weighted by molar-refractivity contribution is 0.0544. The second kappa shape index (κ2) is 6.37. The van der Waals surface area contributed by atoms with Gasteiger partial charge in [-0.15, -0.1) is 0 Å². The molecule has 0 amide bonds. The van der Waals surface area contributed by atoms with Crippen molar-refractivity contribution in [2.45, 2.75) is 25.6 Å². The molecule has 1 saturated heterocycles. The van der Waals surface area contributed by atoms with Crippen LogP contribution in [0.15, 0.2) is 36.5 Å². The lowest BCUT2D eigenvalue weighted by atomic mass is 9.95. The average Bonchev–Trinajstić information content (AvgIpc) is 3.06. The van der Waals surface area contributed by atoms with Crippen LogP contribution in [0.25, 0.3) is 0 Å². The van der Waals surface area contributed by atoms with Crippen LogP contribution >= 0.6 is 0 Å². The fourth-order valence-corrected chi connectivity index (χ4v) is 3.54. The van der Waals surface area contributed by atoms with Crippen molar-refractivity contribution >= 4 is 11.8 Å². The molecule has 0 radical (unpaired) electrons. The van der Waals surface area contributed by atoms with Crippen molar-refractivity contribution < 1.29 is 10.2 Å². The molecule has 2 aliphatic rings. The number of hydrogen-bond donors (Lipinski definition) is 2. The number of aliphatic hydroxyl groups excluding tert-OH is 2. The van der Waals surface area contributed by atoms with Crippen LogP contribution in [0.2, 0.25) is 0 Å². The first-order valence-corrected chi connectivity index (χ1v) is 8.43. The van der Waals surface area contributed by atoms with Gasteiger partial charge in [-0.25, -0.2) is 4.98 Å². The first-order chi connectivity index (χ1) is 11.7. The van der Waals surface area contributed by atoms with E-state index in [9.17, 15) is 10.2 Å². The van der Waals surface area contributed by atoms with Crippen molar-refractivity contribution in [3.63, 3.8) is 0 Å². The number of hydrogen-bond acceptors (Lipinski definition) is 6. The van der Waals surface area contributed by atoms with E-state index in [0.717, 1.165) is 31.9 Å². The van der Waals surface area contributed by atoms with Crippen molar-refractivity contribution in [3.8, 4) is 0 Å². The summed E-state index contributed by atoms with van der Waals surface area (Å²) in [7, 11) is 0. The topological polar surface area (TPSA) is 72.7 Å². The van der Waals surface area contributed by atoms with Crippen LogP contribution in [0.3, 0.4) is 0 Å². The van der Waals surface area contributed by atoms with Gasteiger partial charge in [-0.1, -0.05) is 24.3 Å². The van der Waals surface area contributed by atoms with E-state index >= 15 is 0 Å². The Hall–Kier alpha value is -2.18. The third-order valence-corrected chi connectivity index (χ3v) is 5.03. The molecule has 0 aliphatic carbocycles. The van der Waals surface area contributed by atoms with Crippen LogP contribution in [-0.4, -0.2) is 46.0 Å². The molecule has 3 heterocycles. The van der Waals surface area contributed by atoms with Crippen LogP contribution in [0.5, 0.6) is 0 Å². The summed E-state index contributed by atoms with van der Waals surface area (Å²) in [5.74, 6) is 1.52. The predicted octanol–water partition coefficient (Wildman–Crippen LogP) is 1.18. The number of β-amino-alcohol motifs (C(OH)–C–C–N with tert-alkyl or cyclic N) is 1. The molecule has 2 unspecified atom stereocenters. The van der Waals surface area contributed by atoms with E-state index in [4.69, 9.17) is 4.98 Å². The average molecular weight is 326 g/mol. The maximum atomic E-state index is 10.1. The minimum Gasteiger partial charge on any atom is -0.396 e. The summed E-state index contributed by atoms with van der Waals surface area (Å²) in [6, 6.07) is 10.4. The highest BCUT2D eigenvalue weighted by Gasteiger charge is 2.29. The van der Waals surface area contributed by atoms with Crippen molar-refractivity contribution in [2.24, 2.45) is 5.92 Å². The van der Waals surface area contributed by atoms with E-state index < -0.39 is 6.10 Å². The number of nitrogens with zero attached hydrogens (tertiary/aromatic N) is 4. The van der Waals surface area contributed by atoms with Gasteiger partial charge < -0.3 is 20.0 Å². The molecule has 2 N–H and O–H groups in total. The summed E-state index contributed by atoms with van der Waals surface area (Å²) in [5.41, 5.74) is 2.69. The highest BCUT2D eigenvalue weighted by atomic mass is 16.3. The molecule has 1 aromatic heterocycles. The van der Waals surface area contributed by atoms with Gasteiger partial charge >= 0.3 is 0 Å². The van der Waals surface area contributed by atoms with Gasteiger partial charge in [-0.05, 0) is 23.6 Å². The van der Waals surface area contributed by atoms with Crippen molar-refractivity contribution in [3.05, 3.63) is 47.7 Å². The van der Waals surface area contributed by atoms with Gasteiger partial charge in [0.05, 0.1) is 6.10 Å². The molecule has 2 aliphatic heterocycles. The minimum atomic E-state index is -0.535. The molecule has 1 aromatic carbocycles. The zero-order valence-electron chi connectivity index (χ0n) is 13.5. The zero-order chi connectivity index (χ0) is 16.5. The molecule has 6 heteroatoms. The zero-order valence-corrected chi connectivity index (χ0v) is 13.5. The number of fused-ring (bicyclic) bond motifs is 1. The Morgan fingerprint density at radius 3 is 2.50 bits per heavy atom. The monoisotopic (exact) mass is 326 g/mol. The molecule has 0 spiro atoms. The van der Waals surface area contributed by atoms with Crippen LogP contribution in [-0.2, 0) is 13.1 Å². The van der Waals surface area contributed by atoms with E-state index in [1.165, 1.54) is 11.1 Å². The SMILES string of the molecule is OCC1CCN(c2nccc(N3Cc4ccccc4C3)n2)CC1O. The molecule has 1 fully saturated rings. The lowest BCUT2D eigenvalue weighted by Crippen LogP contribution is -2.45. The van der Waals surface area contributed by atoms with Gasteiger partial charge in [0.15, 0.2) is 0 Å². The summed E-state index contributed by atoms with van der Waals surface area (Å²) in [6.45, 7) is 2.98. The van der Waals surface area contributed by atoms with E-state index in [2.05, 4.69) is 34.1 Å². The first-order valence-electron chi connectivity index (χ1n) is 8.43. The Bertz CT molecular complexity index is 699. The van der Waals surface area contributed by atoms with E-state index in [1.54, 1.807) is 6.20 Å². The first kappa shape index (κ1) is 15.4. The van der Waals surface area contributed by atoms with Crippen LogP contribution < -0.4 is 9.80 Å². The Morgan fingerprint density at radius 2 is 1.83 bits per heavy atom. The van der Waals surface area contributed by atoms with Gasteiger partial charge in [0.1, 0.15) is 5.82 Å². The van der Waals surface area contributed by atoms with Gasteiger partial charge in [0.25, 0.3) is 0 Å². The van der Waals surface area contributed by atoms with Gasteiger partial charge in [0.2, 0.25) is 5.95 Å². The molecule has 2 atom stereocenters. The molecule has 2 aromatic rings. The third kappa shape index (κ3) is 2.83.